The highest BCUT2D eigenvalue weighted by atomic mass is 32.1. The van der Waals surface area contributed by atoms with E-state index >= 15 is 0 Å². The normalized spacial score (nSPS) is 12.0. The maximum Gasteiger partial charge on any atom is 0.263 e. The van der Waals surface area contributed by atoms with Crippen LogP contribution in [0, 0.1) is 12.7 Å². The second-order valence-corrected chi connectivity index (χ2v) is 7.23. The number of aryl methyl sites for hydroxylation is 2. The van der Waals surface area contributed by atoms with Crippen LogP contribution in [0.2, 0.25) is 0 Å². The smallest absolute Gasteiger partial charge is 0.263 e. The highest BCUT2D eigenvalue weighted by Crippen LogP contribution is 2.28. The molecule has 1 heterocycles. The predicted octanol–water partition coefficient (Wildman–Crippen LogP) is 5.31. The first-order valence-electron chi connectivity index (χ1n) is 8.61. The minimum atomic E-state index is -0.289. The van der Waals surface area contributed by atoms with Crippen LogP contribution in [0.4, 0.5) is 4.39 Å². The number of halogens is 1. The Kier molecular flexibility index (Phi) is 5.47. The van der Waals surface area contributed by atoms with Gasteiger partial charge in [-0.3, -0.25) is 4.79 Å². The summed E-state index contributed by atoms with van der Waals surface area (Å²) in [5.41, 5.74) is 3.83. The van der Waals surface area contributed by atoms with Gasteiger partial charge < -0.3 is 5.32 Å². The van der Waals surface area contributed by atoms with Crippen molar-refractivity contribution < 1.29 is 9.18 Å². The number of hydrogen-bond acceptors (Lipinski definition) is 3. The van der Waals surface area contributed by atoms with Gasteiger partial charge in [0, 0.05) is 5.56 Å². The number of rotatable bonds is 5. The van der Waals surface area contributed by atoms with E-state index in [0.717, 1.165) is 17.5 Å². The van der Waals surface area contributed by atoms with Gasteiger partial charge in [0.15, 0.2) is 0 Å². The lowest BCUT2D eigenvalue weighted by molar-refractivity contribution is 0.0943. The third kappa shape index (κ3) is 3.99. The van der Waals surface area contributed by atoms with Crippen molar-refractivity contribution in [3.63, 3.8) is 0 Å². The van der Waals surface area contributed by atoms with E-state index in [9.17, 15) is 9.18 Å². The van der Waals surface area contributed by atoms with Gasteiger partial charge >= 0.3 is 0 Å². The van der Waals surface area contributed by atoms with Crippen molar-refractivity contribution in [1.82, 2.24) is 10.3 Å². The van der Waals surface area contributed by atoms with Gasteiger partial charge in [0.05, 0.1) is 11.7 Å². The van der Waals surface area contributed by atoms with Crippen LogP contribution >= 0.6 is 11.3 Å². The first-order valence-corrected chi connectivity index (χ1v) is 9.42. The second-order valence-electron chi connectivity index (χ2n) is 6.23. The molecule has 2 aromatic carbocycles. The van der Waals surface area contributed by atoms with Crippen LogP contribution in [-0.4, -0.2) is 10.9 Å². The molecule has 3 aromatic rings. The van der Waals surface area contributed by atoms with E-state index < -0.39 is 0 Å². The topological polar surface area (TPSA) is 42.0 Å². The predicted molar refractivity (Wildman–Crippen MR) is 104 cm³/mol. The van der Waals surface area contributed by atoms with Crippen molar-refractivity contribution in [3.05, 3.63) is 76.0 Å². The molecule has 0 radical (unpaired) electrons. The van der Waals surface area contributed by atoms with Gasteiger partial charge in [-0.25, -0.2) is 9.37 Å². The molecule has 0 aliphatic carbocycles. The monoisotopic (exact) mass is 368 g/mol. The van der Waals surface area contributed by atoms with Gasteiger partial charge in [-0.2, -0.15) is 0 Å². The number of aromatic nitrogens is 1. The summed E-state index contributed by atoms with van der Waals surface area (Å²) in [6, 6.07) is 14.3. The molecule has 0 bridgehead atoms. The standard InChI is InChI=1S/C21H21FN2OS/c1-4-15-5-7-16(8-6-15)13(2)23-20(25)19-14(3)24-21(26-19)17-9-11-18(22)12-10-17/h5-13H,4H2,1-3H3,(H,23,25). The maximum atomic E-state index is 13.1. The summed E-state index contributed by atoms with van der Waals surface area (Å²) in [7, 11) is 0. The Labute approximate surface area is 156 Å². The van der Waals surface area contributed by atoms with E-state index in [1.807, 2.05) is 26.0 Å². The van der Waals surface area contributed by atoms with Crippen LogP contribution in [-0.2, 0) is 6.42 Å². The Morgan fingerprint density at radius 2 is 1.81 bits per heavy atom. The summed E-state index contributed by atoms with van der Waals surface area (Å²) < 4.78 is 13.1. The zero-order valence-corrected chi connectivity index (χ0v) is 15.9. The largest absolute Gasteiger partial charge is 0.345 e. The molecule has 0 aliphatic rings. The first-order chi connectivity index (χ1) is 12.5. The van der Waals surface area contributed by atoms with Crippen LogP contribution in [0.5, 0.6) is 0 Å². The Balaban J connectivity index is 1.76. The molecule has 1 atom stereocenters. The summed E-state index contributed by atoms with van der Waals surface area (Å²) >= 11 is 1.32. The molecule has 3 nitrogen and oxygen atoms in total. The van der Waals surface area contributed by atoms with E-state index in [1.165, 1.54) is 29.0 Å². The molecule has 134 valence electrons. The molecule has 0 spiro atoms. The van der Waals surface area contributed by atoms with E-state index in [1.54, 1.807) is 12.1 Å². The van der Waals surface area contributed by atoms with Crippen LogP contribution in [0.25, 0.3) is 10.6 Å². The minimum Gasteiger partial charge on any atom is -0.345 e. The van der Waals surface area contributed by atoms with E-state index in [4.69, 9.17) is 0 Å². The highest BCUT2D eigenvalue weighted by molar-refractivity contribution is 7.17. The Morgan fingerprint density at radius 3 is 2.42 bits per heavy atom. The zero-order chi connectivity index (χ0) is 18.7. The number of amides is 1. The van der Waals surface area contributed by atoms with Crippen LogP contribution in [0.3, 0.4) is 0 Å². The Hall–Kier alpha value is -2.53. The fourth-order valence-electron chi connectivity index (χ4n) is 2.71. The van der Waals surface area contributed by atoms with Gasteiger partial charge in [0.1, 0.15) is 15.7 Å². The Bertz CT molecular complexity index is 901. The molecule has 1 amide bonds. The van der Waals surface area contributed by atoms with Crippen molar-refractivity contribution >= 4 is 17.2 Å². The van der Waals surface area contributed by atoms with Gasteiger partial charge in [0.2, 0.25) is 0 Å². The lowest BCUT2D eigenvalue weighted by atomic mass is 10.0. The van der Waals surface area contributed by atoms with Gasteiger partial charge in [-0.1, -0.05) is 31.2 Å². The lowest BCUT2D eigenvalue weighted by Gasteiger charge is -2.14. The van der Waals surface area contributed by atoms with Crippen molar-refractivity contribution in [3.8, 4) is 10.6 Å². The van der Waals surface area contributed by atoms with Crippen LogP contribution in [0.1, 0.15) is 46.4 Å². The van der Waals surface area contributed by atoms with Crippen LogP contribution in [0.15, 0.2) is 48.5 Å². The van der Waals surface area contributed by atoms with E-state index in [-0.39, 0.29) is 17.8 Å². The van der Waals surface area contributed by atoms with Crippen molar-refractivity contribution in [2.75, 3.05) is 0 Å². The molecule has 0 aliphatic heterocycles. The van der Waals surface area contributed by atoms with Gasteiger partial charge in [-0.05, 0) is 55.7 Å². The number of nitrogens with one attached hydrogen (secondary N) is 1. The molecule has 0 saturated heterocycles. The average molecular weight is 368 g/mol. The first kappa shape index (κ1) is 18.3. The summed E-state index contributed by atoms with van der Waals surface area (Å²) in [4.78, 5) is 17.7. The fraction of sp³-hybridized carbons (Fsp3) is 0.238. The molecule has 5 heteroatoms. The average Bonchev–Trinajstić information content (AvgIpc) is 3.04. The van der Waals surface area contributed by atoms with Crippen LogP contribution < -0.4 is 5.32 Å². The minimum absolute atomic E-state index is 0.0934. The molecule has 0 saturated carbocycles. The number of thiazole rings is 1. The third-order valence-electron chi connectivity index (χ3n) is 4.33. The molecular formula is C21H21FN2OS. The number of hydrogen-bond donors (Lipinski definition) is 1. The highest BCUT2D eigenvalue weighted by Gasteiger charge is 2.18. The SMILES string of the molecule is CCc1ccc(C(C)NC(=O)c2sc(-c3ccc(F)cc3)nc2C)cc1. The van der Waals surface area contributed by atoms with Gasteiger partial charge in [0.25, 0.3) is 5.91 Å². The summed E-state index contributed by atoms with van der Waals surface area (Å²) in [5, 5.41) is 3.75. The third-order valence-corrected chi connectivity index (χ3v) is 5.53. The number of nitrogens with zero attached hydrogens (tertiary/aromatic N) is 1. The zero-order valence-electron chi connectivity index (χ0n) is 15.0. The molecule has 0 fully saturated rings. The van der Waals surface area contributed by atoms with Crippen molar-refractivity contribution in [1.29, 1.82) is 0 Å². The molecule has 1 N–H and O–H groups in total. The molecular weight excluding hydrogens is 347 g/mol. The van der Waals surface area contributed by atoms with E-state index in [0.29, 0.717) is 15.6 Å². The number of carbonyl (C=O) groups excluding carboxylic acids is 1. The summed E-state index contributed by atoms with van der Waals surface area (Å²) in [6.45, 7) is 5.90. The summed E-state index contributed by atoms with van der Waals surface area (Å²) in [5.74, 6) is -0.427. The van der Waals surface area contributed by atoms with Crippen molar-refractivity contribution in [2.45, 2.75) is 33.2 Å². The van der Waals surface area contributed by atoms with Crippen molar-refractivity contribution in [2.24, 2.45) is 0 Å². The molecule has 3 rings (SSSR count). The maximum absolute atomic E-state index is 13.1. The Morgan fingerprint density at radius 1 is 1.15 bits per heavy atom. The van der Waals surface area contributed by atoms with Gasteiger partial charge in [-0.15, -0.1) is 11.3 Å². The fourth-order valence-corrected chi connectivity index (χ4v) is 3.69. The second kappa shape index (κ2) is 7.79. The number of benzene rings is 2. The molecule has 1 aromatic heterocycles. The summed E-state index contributed by atoms with van der Waals surface area (Å²) in [6.07, 6.45) is 0.993. The molecule has 26 heavy (non-hydrogen) atoms. The lowest BCUT2D eigenvalue weighted by Crippen LogP contribution is -2.26. The molecule has 1 unspecified atom stereocenters. The quantitative estimate of drug-likeness (QED) is 0.663. The van der Waals surface area contributed by atoms with E-state index in [2.05, 4.69) is 29.4 Å². The number of carbonyl (C=O) groups is 1.